The van der Waals surface area contributed by atoms with Gasteiger partial charge in [-0.2, -0.15) is 9.57 Å². The first-order valence-electron chi connectivity index (χ1n) is 10.6. The van der Waals surface area contributed by atoms with E-state index in [0.29, 0.717) is 38.3 Å². The average molecular weight is 443 g/mol. The Morgan fingerprint density at radius 3 is 2.32 bits per heavy atom. The third kappa shape index (κ3) is 4.60. The minimum Gasteiger partial charge on any atom is -0.438 e. The molecule has 4 rings (SSSR count). The van der Waals surface area contributed by atoms with Crippen molar-refractivity contribution in [1.82, 2.24) is 9.21 Å². The Balaban J connectivity index is 1.42. The zero-order valence-corrected chi connectivity index (χ0v) is 18.2. The number of piperidine rings is 1. The van der Waals surface area contributed by atoms with Crippen LogP contribution in [0.15, 0.2) is 45.9 Å². The van der Waals surface area contributed by atoms with Gasteiger partial charge in [0.05, 0.1) is 11.6 Å². The van der Waals surface area contributed by atoms with E-state index in [1.54, 1.807) is 17.0 Å². The van der Waals surface area contributed by atoms with Crippen LogP contribution in [-0.2, 0) is 10.0 Å². The molecule has 31 heavy (non-hydrogen) atoms. The van der Waals surface area contributed by atoms with Crippen molar-refractivity contribution in [3.63, 3.8) is 0 Å². The van der Waals surface area contributed by atoms with Crippen molar-refractivity contribution in [1.29, 1.82) is 5.26 Å². The van der Waals surface area contributed by atoms with Crippen molar-refractivity contribution in [3.05, 3.63) is 47.7 Å². The minimum atomic E-state index is -3.70. The van der Waals surface area contributed by atoms with Gasteiger partial charge in [0.15, 0.2) is 5.76 Å². The molecular formula is C22H26N4O4S. The van der Waals surface area contributed by atoms with E-state index in [4.69, 9.17) is 9.68 Å². The second kappa shape index (κ2) is 9.12. The maximum Gasteiger partial charge on any atom is 0.289 e. The standard InChI is InChI=1S/C22H26N4O4S/c23-17-18-5-7-19(8-6-18)24-11-4-12-25(16-15-24)22(27)20-9-10-21(30-20)31(28,29)26-13-2-1-3-14-26/h5-10H,1-4,11-16H2. The Hall–Kier alpha value is -2.83. The summed E-state index contributed by atoms with van der Waals surface area (Å²) in [4.78, 5) is 16.9. The molecule has 9 heteroatoms. The van der Waals surface area contributed by atoms with Crippen LogP contribution in [0.2, 0.25) is 0 Å². The lowest BCUT2D eigenvalue weighted by Crippen LogP contribution is -2.36. The summed E-state index contributed by atoms with van der Waals surface area (Å²) in [6.45, 7) is 3.50. The Morgan fingerprint density at radius 2 is 1.61 bits per heavy atom. The van der Waals surface area contributed by atoms with Crippen LogP contribution in [0.5, 0.6) is 0 Å². The molecule has 2 aliphatic rings. The molecule has 1 aromatic heterocycles. The number of furan rings is 1. The fourth-order valence-electron chi connectivity index (χ4n) is 4.09. The molecule has 1 amide bonds. The number of carbonyl (C=O) groups excluding carboxylic acids is 1. The second-order valence-corrected chi connectivity index (χ2v) is 9.74. The molecule has 0 N–H and O–H groups in total. The molecule has 2 aliphatic heterocycles. The SMILES string of the molecule is N#Cc1ccc(N2CCCN(C(=O)c3ccc(S(=O)(=O)N4CCCCC4)o3)CC2)cc1. The number of anilines is 1. The maximum absolute atomic E-state index is 13.0. The summed E-state index contributed by atoms with van der Waals surface area (Å²) >= 11 is 0. The van der Waals surface area contributed by atoms with E-state index in [-0.39, 0.29) is 16.8 Å². The molecule has 0 saturated carbocycles. The molecule has 2 aromatic rings. The first-order valence-corrected chi connectivity index (χ1v) is 12.1. The van der Waals surface area contributed by atoms with Gasteiger partial charge in [0.1, 0.15) is 0 Å². The lowest BCUT2D eigenvalue weighted by atomic mass is 10.2. The van der Waals surface area contributed by atoms with Gasteiger partial charge in [-0.05, 0) is 55.7 Å². The van der Waals surface area contributed by atoms with Gasteiger partial charge < -0.3 is 14.2 Å². The molecule has 0 atom stereocenters. The molecule has 3 heterocycles. The largest absolute Gasteiger partial charge is 0.438 e. The van der Waals surface area contributed by atoms with Crippen LogP contribution in [0.3, 0.4) is 0 Å². The van der Waals surface area contributed by atoms with Crippen molar-refractivity contribution in [2.24, 2.45) is 0 Å². The Kier molecular flexibility index (Phi) is 6.30. The number of amides is 1. The van der Waals surface area contributed by atoms with Crippen LogP contribution in [0.25, 0.3) is 0 Å². The van der Waals surface area contributed by atoms with E-state index in [0.717, 1.165) is 37.9 Å². The zero-order valence-electron chi connectivity index (χ0n) is 17.4. The van der Waals surface area contributed by atoms with Gasteiger partial charge >= 0.3 is 0 Å². The van der Waals surface area contributed by atoms with Gasteiger partial charge in [-0.1, -0.05) is 6.42 Å². The molecule has 2 fully saturated rings. The summed E-state index contributed by atoms with van der Waals surface area (Å²) in [5.74, 6) is -0.232. The number of sulfonamides is 1. The van der Waals surface area contributed by atoms with Crippen LogP contribution >= 0.6 is 0 Å². The van der Waals surface area contributed by atoms with Gasteiger partial charge in [-0.15, -0.1) is 0 Å². The molecule has 2 saturated heterocycles. The van der Waals surface area contributed by atoms with E-state index in [2.05, 4.69) is 11.0 Å². The monoisotopic (exact) mass is 442 g/mol. The average Bonchev–Trinajstić information content (AvgIpc) is 3.19. The second-order valence-electron chi connectivity index (χ2n) is 7.87. The highest BCUT2D eigenvalue weighted by Gasteiger charge is 2.31. The maximum atomic E-state index is 13.0. The van der Waals surface area contributed by atoms with E-state index in [9.17, 15) is 13.2 Å². The highest BCUT2D eigenvalue weighted by Crippen LogP contribution is 2.24. The molecule has 8 nitrogen and oxygen atoms in total. The fourth-order valence-corrected chi connectivity index (χ4v) is 5.52. The summed E-state index contributed by atoms with van der Waals surface area (Å²) in [6, 6.07) is 12.4. The van der Waals surface area contributed by atoms with E-state index < -0.39 is 10.0 Å². The fraction of sp³-hybridized carbons (Fsp3) is 0.455. The summed E-state index contributed by atoms with van der Waals surface area (Å²) in [5, 5.41) is 8.80. The summed E-state index contributed by atoms with van der Waals surface area (Å²) < 4.78 is 32.5. The summed E-state index contributed by atoms with van der Waals surface area (Å²) in [6.07, 6.45) is 3.50. The van der Waals surface area contributed by atoms with Crippen molar-refractivity contribution >= 4 is 21.6 Å². The van der Waals surface area contributed by atoms with Gasteiger partial charge in [0.25, 0.3) is 15.9 Å². The Labute approximate surface area is 182 Å². The van der Waals surface area contributed by atoms with Gasteiger partial charge in [-0.25, -0.2) is 8.42 Å². The number of hydrogen-bond acceptors (Lipinski definition) is 6. The molecule has 164 valence electrons. The number of nitrogens with zero attached hydrogens (tertiary/aromatic N) is 4. The highest BCUT2D eigenvalue weighted by molar-refractivity contribution is 7.89. The van der Waals surface area contributed by atoms with Gasteiger partial charge in [-0.3, -0.25) is 4.79 Å². The zero-order chi connectivity index (χ0) is 21.8. The molecule has 0 aliphatic carbocycles. The van der Waals surface area contributed by atoms with Gasteiger partial charge in [0, 0.05) is 45.0 Å². The summed E-state index contributed by atoms with van der Waals surface area (Å²) in [7, 11) is -3.70. The predicted octanol–water partition coefficient (Wildman–Crippen LogP) is 2.68. The number of nitriles is 1. The predicted molar refractivity (Wildman–Crippen MR) is 115 cm³/mol. The third-order valence-electron chi connectivity index (χ3n) is 5.85. The van der Waals surface area contributed by atoms with E-state index >= 15 is 0 Å². The van der Waals surface area contributed by atoms with Crippen molar-refractivity contribution < 1.29 is 17.6 Å². The third-order valence-corrected chi connectivity index (χ3v) is 7.62. The molecular weight excluding hydrogens is 416 g/mol. The molecule has 0 spiro atoms. The lowest BCUT2D eigenvalue weighted by Gasteiger charge is -2.24. The number of carbonyl (C=O) groups is 1. The van der Waals surface area contributed by atoms with Crippen LogP contribution < -0.4 is 4.90 Å². The van der Waals surface area contributed by atoms with Gasteiger partial charge in [0.2, 0.25) is 5.09 Å². The van der Waals surface area contributed by atoms with Crippen molar-refractivity contribution in [2.45, 2.75) is 30.8 Å². The van der Waals surface area contributed by atoms with Crippen molar-refractivity contribution in [2.75, 3.05) is 44.2 Å². The molecule has 1 aromatic carbocycles. The summed E-state index contributed by atoms with van der Waals surface area (Å²) in [5.41, 5.74) is 1.63. The molecule has 0 bridgehead atoms. The Bertz CT molecular complexity index is 1070. The van der Waals surface area contributed by atoms with Crippen LogP contribution in [0, 0.1) is 11.3 Å². The first-order chi connectivity index (χ1) is 15.0. The first kappa shape index (κ1) is 21.4. The Morgan fingerprint density at radius 1 is 0.871 bits per heavy atom. The highest BCUT2D eigenvalue weighted by atomic mass is 32.2. The van der Waals surface area contributed by atoms with Crippen molar-refractivity contribution in [3.8, 4) is 6.07 Å². The normalized spacial score (nSPS) is 18.4. The number of hydrogen-bond donors (Lipinski definition) is 0. The lowest BCUT2D eigenvalue weighted by molar-refractivity contribution is 0.0729. The van der Waals surface area contributed by atoms with Crippen LogP contribution in [0.1, 0.15) is 41.8 Å². The minimum absolute atomic E-state index is 0.0578. The topological polar surface area (TPSA) is 97.9 Å². The number of rotatable bonds is 4. The molecule has 0 unspecified atom stereocenters. The van der Waals surface area contributed by atoms with Crippen LogP contribution in [-0.4, -0.2) is 62.8 Å². The van der Waals surface area contributed by atoms with E-state index in [1.807, 2.05) is 12.1 Å². The molecule has 0 radical (unpaired) electrons. The van der Waals surface area contributed by atoms with Crippen LogP contribution in [0.4, 0.5) is 5.69 Å². The number of benzene rings is 1. The smallest absolute Gasteiger partial charge is 0.289 e. The quantitative estimate of drug-likeness (QED) is 0.722. The van der Waals surface area contributed by atoms with E-state index in [1.165, 1.54) is 16.4 Å².